The lowest BCUT2D eigenvalue weighted by molar-refractivity contribution is 0.0233. The number of rotatable bonds is 2. The van der Waals surface area contributed by atoms with Gasteiger partial charge >= 0.3 is 6.09 Å². The molecule has 29 heavy (non-hydrogen) atoms. The summed E-state index contributed by atoms with van der Waals surface area (Å²) in [5.41, 5.74) is -0.489. The number of likely N-dealkylation sites (N-methyl/N-ethyl adjacent to an activating group) is 1. The molecular weight excluding hydrogens is 486 g/mol. The smallest absolute Gasteiger partial charge is 0.410 e. The van der Waals surface area contributed by atoms with Crippen molar-refractivity contribution in [2.45, 2.75) is 51.8 Å². The zero-order chi connectivity index (χ0) is 21.7. The minimum absolute atomic E-state index is 0.0674. The number of fused-ring (bicyclic) bond motifs is 1. The number of likely N-dealkylation sites (tertiary alicyclic amines) is 1. The third kappa shape index (κ3) is 4.39. The number of halogens is 4. The third-order valence-electron chi connectivity index (χ3n) is 4.95. The molecule has 1 aromatic carbocycles. The molecular formula is C19H22BrCl2FN4O2. The second-order valence-corrected chi connectivity index (χ2v) is 9.62. The quantitative estimate of drug-likeness (QED) is 0.387. The highest BCUT2D eigenvalue weighted by molar-refractivity contribution is 9.10. The van der Waals surface area contributed by atoms with Gasteiger partial charge in [-0.15, -0.1) is 0 Å². The summed E-state index contributed by atoms with van der Waals surface area (Å²) in [7, 11) is 1.84. The van der Waals surface area contributed by atoms with Crippen molar-refractivity contribution in [1.82, 2.24) is 14.9 Å². The number of hydrogen-bond acceptors (Lipinski definition) is 5. The predicted octanol–water partition coefficient (Wildman–Crippen LogP) is 5.67. The monoisotopic (exact) mass is 506 g/mol. The van der Waals surface area contributed by atoms with Crippen molar-refractivity contribution in [1.29, 1.82) is 0 Å². The first-order valence-corrected chi connectivity index (χ1v) is 10.7. The Morgan fingerprint density at radius 3 is 2.66 bits per heavy atom. The first kappa shape index (κ1) is 22.3. The van der Waals surface area contributed by atoms with Gasteiger partial charge in [0.1, 0.15) is 16.9 Å². The molecule has 1 fully saturated rings. The van der Waals surface area contributed by atoms with Crippen molar-refractivity contribution in [2.75, 3.05) is 18.5 Å². The van der Waals surface area contributed by atoms with Crippen LogP contribution in [0.2, 0.25) is 10.3 Å². The van der Waals surface area contributed by atoms with E-state index in [0.29, 0.717) is 24.2 Å². The van der Waals surface area contributed by atoms with Crippen LogP contribution in [0.1, 0.15) is 34.1 Å². The molecule has 1 saturated heterocycles. The van der Waals surface area contributed by atoms with Crippen LogP contribution < -0.4 is 4.90 Å². The standard InChI is InChI=1S/C19H22BrCl2FN4O2/c1-9-12(6-7-27(9)18(28)29-19(2,3)4)26(5)16-10-8-11(21)13(20)14(23)15(10)24-17(22)25-16/h8-9,12H,6-7H2,1-5H3. The van der Waals surface area contributed by atoms with Crippen molar-refractivity contribution in [2.24, 2.45) is 0 Å². The summed E-state index contributed by atoms with van der Waals surface area (Å²) in [6, 6.07) is 1.40. The van der Waals surface area contributed by atoms with Crippen LogP contribution in [0, 0.1) is 5.82 Å². The molecule has 2 atom stereocenters. The molecule has 0 saturated carbocycles. The van der Waals surface area contributed by atoms with Crippen molar-refractivity contribution >= 4 is 61.9 Å². The zero-order valence-electron chi connectivity index (χ0n) is 16.8. The van der Waals surface area contributed by atoms with Crippen LogP contribution >= 0.6 is 39.1 Å². The van der Waals surface area contributed by atoms with Crippen LogP contribution in [0.5, 0.6) is 0 Å². The largest absolute Gasteiger partial charge is 0.444 e. The Labute approximate surface area is 187 Å². The molecule has 1 aliphatic heterocycles. The topological polar surface area (TPSA) is 58.6 Å². The van der Waals surface area contributed by atoms with E-state index < -0.39 is 11.4 Å². The fourth-order valence-electron chi connectivity index (χ4n) is 3.58. The van der Waals surface area contributed by atoms with E-state index in [-0.39, 0.29) is 38.5 Å². The molecule has 1 aromatic heterocycles. The first-order valence-electron chi connectivity index (χ1n) is 9.14. The van der Waals surface area contributed by atoms with E-state index in [1.165, 1.54) is 0 Å². The summed E-state index contributed by atoms with van der Waals surface area (Å²) in [5.74, 6) is -0.141. The Balaban J connectivity index is 1.96. The summed E-state index contributed by atoms with van der Waals surface area (Å²) in [6.07, 6.45) is 0.344. The van der Waals surface area contributed by atoms with E-state index in [2.05, 4.69) is 25.9 Å². The van der Waals surface area contributed by atoms with Gasteiger partial charge in [0.25, 0.3) is 0 Å². The molecule has 2 heterocycles. The molecule has 158 valence electrons. The van der Waals surface area contributed by atoms with E-state index in [1.54, 1.807) is 11.0 Å². The van der Waals surface area contributed by atoms with Gasteiger partial charge in [0.15, 0.2) is 5.82 Å². The molecule has 3 rings (SSSR count). The first-order chi connectivity index (χ1) is 13.4. The maximum absolute atomic E-state index is 14.7. The van der Waals surface area contributed by atoms with Gasteiger partial charge in [-0.2, -0.15) is 4.98 Å². The second-order valence-electron chi connectivity index (χ2n) is 8.08. The summed E-state index contributed by atoms with van der Waals surface area (Å²) < 4.78 is 20.3. The molecule has 0 N–H and O–H groups in total. The Morgan fingerprint density at radius 1 is 1.38 bits per heavy atom. The Hall–Kier alpha value is -1.38. The van der Waals surface area contributed by atoms with Crippen LogP contribution in [-0.2, 0) is 4.74 Å². The lowest BCUT2D eigenvalue weighted by atomic mass is 10.1. The maximum Gasteiger partial charge on any atom is 0.410 e. The van der Waals surface area contributed by atoms with Crippen LogP contribution in [0.15, 0.2) is 10.5 Å². The number of hydrogen-bond donors (Lipinski definition) is 0. The van der Waals surface area contributed by atoms with E-state index in [4.69, 9.17) is 27.9 Å². The Kier molecular flexibility index (Phi) is 6.18. The summed E-state index contributed by atoms with van der Waals surface area (Å²) >= 11 is 15.4. The van der Waals surface area contributed by atoms with Gasteiger partial charge in [0.05, 0.1) is 21.6 Å². The van der Waals surface area contributed by atoms with E-state index in [0.717, 1.165) is 0 Å². The number of aromatic nitrogens is 2. The number of anilines is 1. The Bertz CT molecular complexity index is 970. The minimum atomic E-state index is -0.596. The van der Waals surface area contributed by atoms with Gasteiger partial charge in [-0.25, -0.2) is 14.2 Å². The molecule has 0 spiro atoms. The molecule has 0 bridgehead atoms. The molecule has 1 aliphatic rings. The number of benzene rings is 1. The number of amides is 1. The molecule has 10 heteroatoms. The molecule has 0 radical (unpaired) electrons. The number of carbonyl (C=O) groups excluding carboxylic acids is 1. The summed E-state index contributed by atoms with van der Waals surface area (Å²) in [6.45, 7) is 8.00. The van der Waals surface area contributed by atoms with Crippen molar-refractivity contribution in [3.8, 4) is 0 Å². The number of ether oxygens (including phenoxy) is 1. The van der Waals surface area contributed by atoms with Crippen LogP contribution in [0.25, 0.3) is 10.9 Å². The van der Waals surface area contributed by atoms with E-state index in [9.17, 15) is 9.18 Å². The van der Waals surface area contributed by atoms with Gasteiger partial charge in [0.2, 0.25) is 5.28 Å². The van der Waals surface area contributed by atoms with E-state index in [1.807, 2.05) is 39.6 Å². The highest BCUT2D eigenvalue weighted by Gasteiger charge is 2.39. The third-order valence-corrected chi connectivity index (χ3v) is 6.42. The van der Waals surface area contributed by atoms with Gasteiger partial charge in [-0.05, 0) is 67.7 Å². The highest BCUT2D eigenvalue weighted by atomic mass is 79.9. The molecule has 2 aromatic rings. The second kappa shape index (κ2) is 8.04. The van der Waals surface area contributed by atoms with Gasteiger partial charge in [-0.3, -0.25) is 0 Å². The lowest BCUT2D eigenvalue weighted by Crippen LogP contribution is -2.45. The average Bonchev–Trinajstić information content (AvgIpc) is 2.99. The highest BCUT2D eigenvalue weighted by Crippen LogP contribution is 2.37. The average molecular weight is 508 g/mol. The summed E-state index contributed by atoms with van der Waals surface area (Å²) in [4.78, 5) is 24.5. The van der Waals surface area contributed by atoms with Crippen LogP contribution in [0.3, 0.4) is 0 Å². The lowest BCUT2D eigenvalue weighted by Gasteiger charge is -2.33. The van der Waals surface area contributed by atoms with Gasteiger partial charge < -0.3 is 14.5 Å². The predicted molar refractivity (Wildman–Crippen MR) is 116 cm³/mol. The normalized spacial score (nSPS) is 19.7. The Morgan fingerprint density at radius 2 is 2.03 bits per heavy atom. The minimum Gasteiger partial charge on any atom is -0.444 e. The fraction of sp³-hybridized carbons (Fsp3) is 0.526. The molecule has 6 nitrogen and oxygen atoms in total. The van der Waals surface area contributed by atoms with E-state index >= 15 is 0 Å². The number of nitrogens with zero attached hydrogens (tertiary/aromatic N) is 4. The fourth-order valence-corrected chi connectivity index (χ4v) is 4.23. The van der Waals surface area contributed by atoms with Crippen LogP contribution in [0.4, 0.5) is 15.0 Å². The SMILES string of the molecule is CC1C(N(C)c2nc(Cl)nc3c(F)c(Br)c(Cl)cc23)CCN1C(=O)OC(C)(C)C. The number of carbonyl (C=O) groups is 1. The van der Waals surface area contributed by atoms with Crippen molar-refractivity contribution < 1.29 is 13.9 Å². The zero-order valence-corrected chi connectivity index (χ0v) is 19.9. The van der Waals surface area contributed by atoms with Gasteiger partial charge in [0, 0.05) is 19.0 Å². The summed E-state index contributed by atoms with van der Waals surface area (Å²) in [5, 5.41) is 0.595. The maximum atomic E-state index is 14.7. The molecule has 0 aliphatic carbocycles. The van der Waals surface area contributed by atoms with Crippen LogP contribution in [-0.4, -0.2) is 52.2 Å². The van der Waals surface area contributed by atoms with Crippen molar-refractivity contribution in [3.05, 3.63) is 26.7 Å². The molecule has 1 amide bonds. The van der Waals surface area contributed by atoms with Crippen molar-refractivity contribution in [3.63, 3.8) is 0 Å². The molecule has 2 unspecified atom stereocenters. The van der Waals surface area contributed by atoms with Gasteiger partial charge in [-0.1, -0.05) is 11.6 Å².